The molecule has 0 unspecified atom stereocenters. The van der Waals surface area contributed by atoms with Crippen molar-refractivity contribution in [3.63, 3.8) is 0 Å². The lowest BCUT2D eigenvalue weighted by Crippen LogP contribution is -2.14. The molecule has 24 heavy (non-hydrogen) atoms. The summed E-state index contributed by atoms with van der Waals surface area (Å²) < 4.78 is 1.63. The standard InChI is InChI=1S/C19H20N4O/c1-12-13(2)20-18(10-16(12)15-8-6-5-7-9-15)21-19(24)17-11-23(4)22-14(17)3/h5-11H,1-4H3,(H,20,21,24). The number of carbonyl (C=O) groups is 1. The molecule has 2 aromatic heterocycles. The fourth-order valence-electron chi connectivity index (χ4n) is 2.72. The largest absolute Gasteiger partial charge is 0.306 e. The van der Waals surface area contributed by atoms with Crippen molar-refractivity contribution < 1.29 is 4.79 Å². The van der Waals surface area contributed by atoms with Gasteiger partial charge in [0.1, 0.15) is 5.82 Å². The second-order valence-electron chi connectivity index (χ2n) is 5.89. The molecular weight excluding hydrogens is 300 g/mol. The number of hydrogen-bond donors (Lipinski definition) is 1. The lowest BCUT2D eigenvalue weighted by molar-refractivity contribution is 0.102. The summed E-state index contributed by atoms with van der Waals surface area (Å²) in [6, 6.07) is 12.0. The van der Waals surface area contributed by atoms with Crippen molar-refractivity contribution in [2.45, 2.75) is 20.8 Å². The summed E-state index contributed by atoms with van der Waals surface area (Å²) in [5.41, 5.74) is 5.43. The predicted molar refractivity (Wildman–Crippen MR) is 95.0 cm³/mol. The highest BCUT2D eigenvalue weighted by molar-refractivity contribution is 6.04. The Morgan fingerprint density at radius 1 is 1.08 bits per heavy atom. The maximum atomic E-state index is 12.5. The molecule has 5 heteroatoms. The summed E-state index contributed by atoms with van der Waals surface area (Å²) >= 11 is 0. The molecule has 0 saturated carbocycles. The zero-order valence-corrected chi connectivity index (χ0v) is 14.3. The number of nitrogens with one attached hydrogen (secondary N) is 1. The van der Waals surface area contributed by atoms with Crippen LogP contribution in [0.4, 0.5) is 5.82 Å². The molecule has 0 radical (unpaired) electrons. The monoisotopic (exact) mass is 320 g/mol. The molecule has 122 valence electrons. The molecule has 0 atom stereocenters. The van der Waals surface area contributed by atoms with Crippen molar-refractivity contribution in [1.82, 2.24) is 14.8 Å². The van der Waals surface area contributed by atoms with E-state index in [1.807, 2.05) is 45.0 Å². The van der Waals surface area contributed by atoms with Crippen LogP contribution in [0.1, 0.15) is 27.3 Å². The van der Waals surface area contributed by atoms with Crippen LogP contribution in [0.3, 0.4) is 0 Å². The number of nitrogens with zero attached hydrogens (tertiary/aromatic N) is 3. The van der Waals surface area contributed by atoms with Gasteiger partial charge in [0.25, 0.3) is 5.91 Å². The van der Waals surface area contributed by atoms with Crippen molar-refractivity contribution in [2.75, 3.05) is 5.32 Å². The first-order valence-electron chi connectivity index (χ1n) is 7.81. The summed E-state index contributed by atoms with van der Waals surface area (Å²) in [7, 11) is 1.80. The third-order valence-electron chi connectivity index (χ3n) is 4.10. The van der Waals surface area contributed by atoms with E-state index in [9.17, 15) is 4.79 Å². The Morgan fingerprint density at radius 2 is 1.79 bits per heavy atom. The van der Waals surface area contributed by atoms with E-state index >= 15 is 0 Å². The SMILES string of the molecule is Cc1nn(C)cc1C(=O)Nc1cc(-c2ccccc2)c(C)c(C)n1. The number of aryl methyl sites for hydroxylation is 3. The van der Waals surface area contributed by atoms with Crippen molar-refractivity contribution in [3.8, 4) is 11.1 Å². The molecule has 0 aliphatic heterocycles. The summed E-state index contributed by atoms with van der Waals surface area (Å²) in [4.78, 5) is 17.0. The molecule has 1 amide bonds. The topological polar surface area (TPSA) is 59.8 Å². The first-order valence-corrected chi connectivity index (χ1v) is 7.81. The molecule has 1 N–H and O–H groups in total. The van der Waals surface area contributed by atoms with Gasteiger partial charge in [-0.05, 0) is 43.5 Å². The van der Waals surface area contributed by atoms with E-state index in [-0.39, 0.29) is 5.91 Å². The van der Waals surface area contributed by atoms with Crippen LogP contribution in [0.5, 0.6) is 0 Å². The van der Waals surface area contributed by atoms with Crippen LogP contribution in [0.2, 0.25) is 0 Å². The summed E-state index contributed by atoms with van der Waals surface area (Å²) in [5, 5.41) is 7.09. The molecule has 1 aromatic carbocycles. The number of carbonyl (C=O) groups excluding carboxylic acids is 1. The third kappa shape index (κ3) is 3.06. The third-order valence-corrected chi connectivity index (χ3v) is 4.10. The van der Waals surface area contributed by atoms with Crippen LogP contribution in [0, 0.1) is 20.8 Å². The Bertz CT molecular complexity index is 897. The number of benzene rings is 1. The lowest BCUT2D eigenvalue weighted by Gasteiger charge is -2.12. The highest BCUT2D eigenvalue weighted by atomic mass is 16.1. The minimum absolute atomic E-state index is 0.199. The molecule has 0 aliphatic rings. The molecular formula is C19H20N4O. The van der Waals surface area contributed by atoms with Gasteiger partial charge in [-0.3, -0.25) is 9.48 Å². The van der Waals surface area contributed by atoms with Crippen LogP contribution >= 0.6 is 0 Å². The van der Waals surface area contributed by atoms with E-state index in [0.29, 0.717) is 17.1 Å². The smallest absolute Gasteiger partial charge is 0.260 e. The summed E-state index contributed by atoms with van der Waals surface area (Å²) in [5.74, 6) is 0.348. The minimum atomic E-state index is -0.199. The molecule has 3 rings (SSSR count). The molecule has 0 saturated heterocycles. The number of amides is 1. The number of aromatic nitrogens is 3. The fraction of sp³-hybridized carbons (Fsp3) is 0.211. The van der Waals surface area contributed by atoms with Gasteiger partial charge in [-0.25, -0.2) is 4.98 Å². The Balaban J connectivity index is 1.96. The van der Waals surface area contributed by atoms with Gasteiger partial charge in [-0.1, -0.05) is 30.3 Å². The van der Waals surface area contributed by atoms with Gasteiger partial charge in [-0.15, -0.1) is 0 Å². The van der Waals surface area contributed by atoms with E-state index in [1.165, 1.54) is 0 Å². The number of rotatable bonds is 3. The maximum Gasteiger partial charge on any atom is 0.260 e. The van der Waals surface area contributed by atoms with E-state index in [4.69, 9.17) is 0 Å². The number of pyridine rings is 1. The Hall–Kier alpha value is -2.95. The molecule has 0 fully saturated rings. The quantitative estimate of drug-likeness (QED) is 0.801. The van der Waals surface area contributed by atoms with Crippen LogP contribution < -0.4 is 5.32 Å². The minimum Gasteiger partial charge on any atom is -0.306 e. The second kappa shape index (κ2) is 6.28. The summed E-state index contributed by atoms with van der Waals surface area (Å²) in [6.07, 6.45) is 1.71. The molecule has 0 aliphatic carbocycles. The second-order valence-corrected chi connectivity index (χ2v) is 5.89. The molecule has 5 nitrogen and oxygen atoms in total. The molecule has 2 heterocycles. The van der Waals surface area contributed by atoms with Gasteiger partial charge < -0.3 is 5.32 Å². The van der Waals surface area contributed by atoms with E-state index in [0.717, 1.165) is 22.4 Å². The Kier molecular flexibility index (Phi) is 4.16. The predicted octanol–water partition coefficient (Wildman–Crippen LogP) is 3.66. The highest BCUT2D eigenvalue weighted by Crippen LogP contribution is 2.27. The van der Waals surface area contributed by atoms with Crippen LogP contribution in [-0.4, -0.2) is 20.7 Å². The number of anilines is 1. The molecule has 0 bridgehead atoms. The molecule has 0 spiro atoms. The van der Waals surface area contributed by atoms with Crippen molar-refractivity contribution in [2.24, 2.45) is 7.05 Å². The van der Waals surface area contributed by atoms with Crippen LogP contribution in [0.15, 0.2) is 42.6 Å². The van der Waals surface area contributed by atoms with Crippen molar-refractivity contribution >= 4 is 11.7 Å². The average Bonchev–Trinajstić information content (AvgIpc) is 2.90. The zero-order chi connectivity index (χ0) is 17.3. The fourth-order valence-corrected chi connectivity index (χ4v) is 2.72. The highest BCUT2D eigenvalue weighted by Gasteiger charge is 2.15. The Morgan fingerprint density at radius 3 is 2.42 bits per heavy atom. The van der Waals surface area contributed by atoms with Crippen molar-refractivity contribution in [3.05, 3.63) is 65.1 Å². The first kappa shape index (κ1) is 15.9. The normalized spacial score (nSPS) is 10.7. The first-order chi connectivity index (χ1) is 11.5. The van der Waals surface area contributed by atoms with Crippen LogP contribution in [0.25, 0.3) is 11.1 Å². The van der Waals surface area contributed by atoms with E-state index in [1.54, 1.807) is 17.9 Å². The maximum absolute atomic E-state index is 12.5. The van der Waals surface area contributed by atoms with Crippen molar-refractivity contribution in [1.29, 1.82) is 0 Å². The van der Waals surface area contributed by atoms with Gasteiger partial charge >= 0.3 is 0 Å². The molecule has 3 aromatic rings. The van der Waals surface area contributed by atoms with E-state index in [2.05, 4.69) is 27.5 Å². The Labute approximate surface area is 141 Å². The lowest BCUT2D eigenvalue weighted by atomic mass is 10.0. The van der Waals surface area contributed by atoms with E-state index < -0.39 is 0 Å². The zero-order valence-electron chi connectivity index (χ0n) is 14.3. The van der Waals surface area contributed by atoms with Gasteiger partial charge in [-0.2, -0.15) is 5.10 Å². The van der Waals surface area contributed by atoms with Crippen LogP contribution in [-0.2, 0) is 7.05 Å². The van der Waals surface area contributed by atoms with Gasteiger partial charge in [0.2, 0.25) is 0 Å². The average molecular weight is 320 g/mol. The number of hydrogen-bond acceptors (Lipinski definition) is 3. The summed E-state index contributed by atoms with van der Waals surface area (Å²) in [6.45, 7) is 5.81. The van der Waals surface area contributed by atoms with Gasteiger partial charge in [0.05, 0.1) is 11.3 Å². The van der Waals surface area contributed by atoms with Gasteiger partial charge in [0, 0.05) is 18.9 Å². The van der Waals surface area contributed by atoms with Gasteiger partial charge in [0.15, 0.2) is 0 Å².